The fourth-order valence-electron chi connectivity index (χ4n) is 1.49. The van der Waals surface area contributed by atoms with Crippen LogP contribution in [0, 0.1) is 0 Å². The third-order valence-corrected chi connectivity index (χ3v) is 2.23. The summed E-state index contributed by atoms with van der Waals surface area (Å²) in [5, 5.41) is 14.7. The Morgan fingerprint density at radius 2 is 1.94 bits per heavy atom. The van der Waals surface area contributed by atoms with Gasteiger partial charge in [0.2, 0.25) is 5.91 Å². The highest BCUT2D eigenvalue weighted by atomic mass is 16.5. The average molecular weight is 246 g/mol. The highest BCUT2D eigenvalue weighted by Gasteiger charge is 2.20. The predicted molar refractivity (Wildman–Crippen MR) is 63.4 cm³/mol. The van der Waals surface area contributed by atoms with Crippen LogP contribution < -0.4 is 10.6 Å². The number of rotatable bonds is 7. The lowest BCUT2D eigenvalue weighted by molar-refractivity contribution is -0.144. The van der Waals surface area contributed by atoms with Crippen molar-refractivity contribution in [3.05, 3.63) is 0 Å². The second-order valence-corrected chi connectivity index (χ2v) is 4.17. The molecule has 0 saturated heterocycles. The fraction of sp³-hybridized carbons (Fsp3) is 0.818. The number of aliphatic hydroxyl groups is 1. The van der Waals surface area contributed by atoms with Crippen LogP contribution in [0.3, 0.4) is 0 Å². The maximum absolute atomic E-state index is 11.4. The fourth-order valence-corrected chi connectivity index (χ4v) is 1.49. The first-order chi connectivity index (χ1) is 7.86. The zero-order valence-corrected chi connectivity index (χ0v) is 10.8. The van der Waals surface area contributed by atoms with Crippen molar-refractivity contribution >= 4 is 11.9 Å². The summed E-state index contributed by atoms with van der Waals surface area (Å²) in [5.41, 5.74) is 0. The summed E-state index contributed by atoms with van der Waals surface area (Å²) in [6.07, 6.45) is 0.170. The van der Waals surface area contributed by atoms with Crippen LogP contribution in [0.5, 0.6) is 0 Å². The number of carbonyl (C=O) groups excluding carboxylic acids is 2. The van der Waals surface area contributed by atoms with Gasteiger partial charge in [-0.2, -0.15) is 0 Å². The molecule has 1 amide bonds. The first-order valence-corrected chi connectivity index (χ1v) is 5.63. The zero-order chi connectivity index (χ0) is 13.4. The smallest absolute Gasteiger partial charge is 0.329 e. The van der Waals surface area contributed by atoms with Gasteiger partial charge in [-0.15, -0.1) is 0 Å². The number of amides is 1. The van der Waals surface area contributed by atoms with Crippen LogP contribution in [-0.2, 0) is 14.3 Å². The van der Waals surface area contributed by atoms with Crippen LogP contribution in [0.4, 0.5) is 0 Å². The van der Waals surface area contributed by atoms with E-state index in [-0.39, 0.29) is 18.5 Å². The second-order valence-electron chi connectivity index (χ2n) is 4.17. The van der Waals surface area contributed by atoms with Crippen LogP contribution in [0.25, 0.3) is 0 Å². The molecule has 6 nitrogen and oxygen atoms in total. The summed E-state index contributed by atoms with van der Waals surface area (Å²) >= 11 is 0. The van der Waals surface area contributed by atoms with Gasteiger partial charge in [0.15, 0.2) is 0 Å². The number of methoxy groups -OCH3 is 1. The highest BCUT2D eigenvalue weighted by Crippen LogP contribution is 1.97. The van der Waals surface area contributed by atoms with E-state index in [0.717, 1.165) is 0 Å². The van der Waals surface area contributed by atoms with Gasteiger partial charge in [-0.3, -0.25) is 4.79 Å². The molecule has 3 N–H and O–H groups in total. The number of carbonyl (C=O) groups is 2. The number of hydrogen-bond donors (Lipinski definition) is 3. The van der Waals surface area contributed by atoms with Gasteiger partial charge >= 0.3 is 5.97 Å². The summed E-state index contributed by atoms with van der Waals surface area (Å²) in [6.45, 7) is 5.22. The van der Waals surface area contributed by atoms with Gasteiger partial charge in [0, 0.05) is 19.5 Å². The molecule has 0 heterocycles. The highest BCUT2D eigenvalue weighted by molar-refractivity contribution is 5.83. The Hall–Kier alpha value is -1.14. The minimum atomic E-state index is -0.700. The monoisotopic (exact) mass is 246 g/mol. The Kier molecular flexibility index (Phi) is 7.49. The van der Waals surface area contributed by atoms with E-state index >= 15 is 0 Å². The summed E-state index contributed by atoms with van der Waals surface area (Å²) in [5.74, 6) is -0.776. The van der Waals surface area contributed by atoms with Gasteiger partial charge in [-0.05, 0) is 20.3 Å². The van der Waals surface area contributed by atoms with E-state index in [1.807, 2.05) is 6.92 Å². The van der Waals surface area contributed by atoms with Crippen LogP contribution in [0.15, 0.2) is 0 Å². The number of hydrogen-bond acceptors (Lipinski definition) is 5. The van der Waals surface area contributed by atoms with Gasteiger partial charge in [-0.1, -0.05) is 0 Å². The minimum Gasteiger partial charge on any atom is -0.467 e. The molecule has 0 radical (unpaired) electrons. The molecule has 0 fully saturated rings. The van der Waals surface area contributed by atoms with E-state index in [0.29, 0.717) is 6.42 Å². The van der Waals surface area contributed by atoms with Gasteiger partial charge in [-0.25, -0.2) is 4.79 Å². The molecule has 0 aliphatic heterocycles. The molecule has 0 rings (SSSR count). The molecule has 0 bridgehead atoms. The van der Waals surface area contributed by atoms with Crippen molar-refractivity contribution in [3.8, 4) is 0 Å². The Balaban J connectivity index is 4.15. The van der Waals surface area contributed by atoms with Gasteiger partial charge in [0.1, 0.15) is 6.04 Å². The van der Waals surface area contributed by atoms with Crippen LogP contribution in [0.1, 0.15) is 27.2 Å². The number of nitrogens with one attached hydrogen (secondary N) is 2. The van der Waals surface area contributed by atoms with Gasteiger partial charge < -0.3 is 20.5 Å². The molecule has 100 valence electrons. The maximum Gasteiger partial charge on any atom is 0.329 e. The standard InChI is InChI=1S/C11H22N2O4/c1-7(5-8(2)14)12-6-10(11(16)17-4)13-9(3)15/h7-8,10,12,14H,5-6H2,1-4H3,(H,13,15). The molecule has 0 aromatic rings. The molecule has 0 aliphatic carbocycles. The zero-order valence-electron chi connectivity index (χ0n) is 10.8. The molecule has 0 aromatic heterocycles. The van der Waals surface area contributed by atoms with Gasteiger partial charge in [0.05, 0.1) is 13.2 Å². The van der Waals surface area contributed by atoms with E-state index in [4.69, 9.17) is 0 Å². The molecule has 0 spiro atoms. The average Bonchev–Trinajstić information content (AvgIpc) is 2.21. The number of esters is 1. The number of ether oxygens (including phenoxy) is 1. The predicted octanol–water partition coefficient (Wildman–Crippen LogP) is -0.587. The van der Waals surface area contributed by atoms with Crippen molar-refractivity contribution in [3.63, 3.8) is 0 Å². The SMILES string of the molecule is COC(=O)C(CNC(C)CC(C)O)NC(C)=O. The van der Waals surface area contributed by atoms with Gasteiger partial charge in [0.25, 0.3) is 0 Å². The lowest BCUT2D eigenvalue weighted by Crippen LogP contribution is -2.49. The molecule has 0 aliphatic rings. The second kappa shape index (κ2) is 8.03. The van der Waals surface area contributed by atoms with Crippen molar-refractivity contribution in [2.24, 2.45) is 0 Å². The van der Waals surface area contributed by atoms with E-state index in [1.54, 1.807) is 6.92 Å². The van der Waals surface area contributed by atoms with Crippen molar-refractivity contribution in [2.75, 3.05) is 13.7 Å². The molecule has 6 heteroatoms. The molecule has 0 aromatic carbocycles. The Labute approximate surface area is 102 Å². The third-order valence-electron chi connectivity index (χ3n) is 2.23. The van der Waals surface area contributed by atoms with E-state index < -0.39 is 18.1 Å². The number of aliphatic hydroxyl groups excluding tert-OH is 1. The molecular weight excluding hydrogens is 224 g/mol. The van der Waals surface area contributed by atoms with Crippen LogP contribution in [-0.4, -0.2) is 48.8 Å². The third kappa shape index (κ3) is 7.70. The van der Waals surface area contributed by atoms with Crippen molar-refractivity contribution in [2.45, 2.75) is 45.4 Å². The normalized spacial score (nSPS) is 15.8. The van der Waals surface area contributed by atoms with Crippen molar-refractivity contribution in [1.82, 2.24) is 10.6 Å². The lowest BCUT2D eigenvalue weighted by Gasteiger charge is -2.20. The molecule has 0 saturated carbocycles. The Morgan fingerprint density at radius 3 is 2.35 bits per heavy atom. The van der Waals surface area contributed by atoms with E-state index in [2.05, 4.69) is 15.4 Å². The first kappa shape index (κ1) is 15.9. The quantitative estimate of drug-likeness (QED) is 0.523. The summed E-state index contributed by atoms with van der Waals surface area (Å²) in [4.78, 5) is 22.3. The summed E-state index contributed by atoms with van der Waals surface area (Å²) < 4.78 is 4.58. The minimum absolute atomic E-state index is 0.0518. The topological polar surface area (TPSA) is 87.7 Å². The maximum atomic E-state index is 11.4. The van der Waals surface area contributed by atoms with Crippen LogP contribution in [0.2, 0.25) is 0 Å². The molecule has 3 atom stereocenters. The van der Waals surface area contributed by atoms with Crippen LogP contribution >= 0.6 is 0 Å². The summed E-state index contributed by atoms with van der Waals surface area (Å²) in [7, 11) is 1.27. The lowest BCUT2D eigenvalue weighted by atomic mass is 10.1. The molecule has 3 unspecified atom stereocenters. The first-order valence-electron chi connectivity index (χ1n) is 5.63. The van der Waals surface area contributed by atoms with Crippen molar-refractivity contribution < 1.29 is 19.4 Å². The molecular formula is C11H22N2O4. The summed E-state index contributed by atoms with van der Waals surface area (Å²) in [6, 6.07) is -0.648. The largest absolute Gasteiger partial charge is 0.467 e. The van der Waals surface area contributed by atoms with Crippen molar-refractivity contribution in [1.29, 1.82) is 0 Å². The van der Waals surface area contributed by atoms with E-state index in [9.17, 15) is 14.7 Å². The Morgan fingerprint density at radius 1 is 1.35 bits per heavy atom. The van der Waals surface area contributed by atoms with E-state index in [1.165, 1.54) is 14.0 Å². The Bertz CT molecular complexity index is 256. The molecule has 17 heavy (non-hydrogen) atoms.